The van der Waals surface area contributed by atoms with Gasteiger partial charge in [0, 0.05) is 12.6 Å². The standard InChI is InChI=1S/C22H27FN2O3/c1-15(2)24-22(27)17(4)25(13-18-8-6-5-7-16(18)3)21(26)14-28-20-11-9-19(23)10-12-20/h5-12,15,17H,13-14H2,1-4H3,(H,24,27)/t17-/m0/s1. The molecule has 0 bridgehead atoms. The molecule has 0 radical (unpaired) electrons. The molecule has 0 unspecified atom stereocenters. The van der Waals surface area contributed by atoms with Crippen LogP contribution in [0.2, 0.25) is 0 Å². The number of ether oxygens (including phenoxy) is 1. The summed E-state index contributed by atoms with van der Waals surface area (Å²) in [4.78, 5) is 26.9. The molecule has 150 valence electrons. The highest BCUT2D eigenvalue weighted by molar-refractivity contribution is 5.88. The van der Waals surface area contributed by atoms with Gasteiger partial charge in [0.2, 0.25) is 5.91 Å². The molecule has 0 saturated carbocycles. The molecule has 5 nitrogen and oxygen atoms in total. The number of rotatable bonds is 8. The van der Waals surface area contributed by atoms with Crippen LogP contribution in [0.4, 0.5) is 4.39 Å². The van der Waals surface area contributed by atoms with Crippen molar-refractivity contribution in [2.24, 2.45) is 0 Å². The van der Waals surface area contributed by atoms with Crippen LogP contribution < -0.4 is 10.1 Å². The van der Waals surface area contributed by atoms with E-state index in [2.05, 4.69) is 5.32 Å². The summed E-state index contributed by atoms with van der Waals surface area (Å²) in [6, 6.07) is 12.5. The van der Waals surface area contributed by atoms with E-state index in [1.807, 2.05) is 45.0 Å². The largest absolute Gasteiger partial charge is 0.484 e. The van der Waals surface area contributed by atoms with Gasteiger partial charge in [-0.15, -0.1) is 0 Å². The molecule has 0 aliphatic carbocycles. The topological polar surface area (TPSA) is 58.6 Å². The van der Waals surface area contributed by atoms with Crippen LogP contribution in [0.5, 0.6) is 5.75 Å². The number of hydrogen-bond acceptors (Lipinski definition) is 3. The minimum absolute atomic E-state index is 0.0270. The number of amides is 2. The fourth-order valence-electron chi connectivity index (χ4n) is 2.72. The van der Waals surface area contributed by atoms with Gasteiger partial charge in [0.25, 0.3) is 5.91 Å². The molecule has 0 aliphatic heterocycles. The number of nitrogens with one attached hydrogen (secondary N) is 1. The summed E-state index contributed by atoms with van der Waals surface area (Å²) in [6.45, 7) is 7.46. The van der Waals surface area contributed by atoms with Gasteiger partial charge in [-0.1, -0.05) is 24.3 Å². The van der Waals surface area contributed by atoms with Gasteiger partial charge >= 0.3 is 0 Å². The van der Waals surface area contributed by atoms with Crippen LogP contribution in [0.15, 0.2) is 48.5 Å². The molecule has 0 spiro atoms. The van der Waals surface area contributed by atoms with Crippen molar-refractivity contribution in [2.45, 2.75) is 46.3 Å². The van der Waals surface area contributed by atoms with E-state index >= 15 is 0 Å². The van der Waals surface area contributed by atoms with Gasteiger partial charge in [0.05, 0.1) is 0 Å². The Balaban J connectivity index is 2.15. The van der Waals surface area contributed by atoms with Crippen molar-refractivity contribution < 1.29 is 18.7 Å². The molecular weight excluding hydrogens is 359 g/mol. The van der Waals surface area contributed by atoms with Crippen molar-refractivity contribution in [3.8, 4) is 5.75 Å². The normalized spacial score (nSPS) is 11.8. The lowest BCUT2D eigenvalue weighted by Gasteiger charge is -2.29. The molecule has 1 atom stereocenters. The van der Waals surface area contributed by atoms with Crippen LogP contribution >= 0.6 is 0 Å². The molecule has 0 heterocycles. The molecule has 1 N–H and O–H groups in total. The Kier molecular flexibility index (Phi) is 7.55. The monoisotopic (exact) mass is 386 g/mol. The van der Waals surface area contributed by atoms with Gasteiger partial charge < -0.3 is 15.0 Å². The van der Waals surface area contributed by atoms with Crippen molar-refractivity contribution in [3.63, 3.8) is 0 Å². The van der Waals surface area contributed by atoms with Gasteiger partial charge in [0.15, 0.2) is 6.61 Å². The van der Waals surface area contributed by atoms with E-state index in [4.69, 9.17) is 4.74 Å². The fourth-order valence-corrected chi connectivity index (χ4v) is 2.72. The Morgan fingerprint density at radius 1 is 1.07 bits per heavy atom. The Labute approximate surface area is 165 Å². The van der Waals surface area contributed by atoms with Crippen molar-refractivity contribution in [2.75, 3.05) is 6.61 Å². The highest BCUT2D eigenvalue weighted by Gasteiger charge is 2.27. The second-order valence-corrected chi connectivity index (χ2v) is 7.03. The quantitative estimate of drug-likeness (QED) is 0.756. The number of carbonyl (C=O) groups is 2. The summed E-state index contributed by atoms with van der Waals surface area (Å²) < 4.78 is 18.5. The van der Waals surface area contributed by atoms with Crippen molar-refractivity contribution in [1.29, 1.82) is 0 Å². The molecule has 2 amide bonds. The van der Waals surface area contributed by atoms with E-state index in [1.165, 1.54) is 29.2 Å². The molecule has 2 aromatic rings. The molecule has 0 aromatic heterocycles. The van der Waals surface area contributed by atoms with Crippen LogP contribution in [0, 0.1) is 12.7 Å². The predicted molar refractivity (Wildman–Crippen MR) is 106 cm³/mol. The molecular formula is C22H27FN2O3. The Morgan fingerprint density at radius 3 is 2.32 bits per heavy atom. The van der Waals surface area contributed by atoms with Gasteiger partial charge in [-0.05, 0) is 63.1 Å². The van der Waals surface area contributed by atoms with E-state index in [-0.39, 0.29) is 30.3 Å². The lowest BCUT2D eigenvalue weighted by Crippen LogP contribution is -2.50. The molecule has 28 heavy (non-hydrogen) atoms. The summed E-state index contributed by atoms with van der Waals surface area (Å²) in [6.07, 6.45) is 0. The van der Waals surface area contributed by atoms with Crippen molar-refractivity contribution in [1.82, 2.24) is 10.2 Å². The molecule has 0 fully saturated rings. The maximum atomic E-state index is 13.0. The lowest BCUT2D eigenvalue weighted by atomic mass is 10.1. The molecule has 0 saturated heterocycles. The van der Waals surface area contributed by atoms with Crippen LogP contribution in [-0.4, -0.2) is 35.4 Å². The average Bonchev–Trinajstić information content (AvgIpc) is 2.65. The maximum Gasteiger partial charge on any atom is 0.261 e. The molecule has 6 heteroatoms. The summed E-state index contributed by atoms with van der Waals surface area (Å²) in [5.41, 5.74) is 2.00. The molecule has 0 aliphatic rings. The van der Waals surface area contributed by atoms with Crippen LogP contribution in [0.1, 0.15) is 31.9 Å². The van der Waals surface area contributed by atoms with Crippen molar-refractivity contribution in [3.05, 3.63) is 65.5 Å². The summed E-state index contributed by atoms with van der Waals surface area (Å²) in [7, 11) is 0. The zero-order valence-electron chi connectivity index (χ0n) is 16.7. The smallest absolute Gasteiger partial charge is 0.261 e. The zero-order valence-corrected chi connectivity index (χ0v) is 16.7. The van der Waals surface area contributed by atoms with E-state index in [1.54, 1.807) is 6.92 Å². The number of carbonyl (C=O) groups excluding carboxylic acids is 2. The third-order valence-electron chi connectivity index (χ3n) is 4.38. The van der Waals surface area contributed by atoms with E-state index < -0.39 is 6.04 Å². The highest BCUT2D eigenvalue weighted by atomic mass is 19.1. The maximum absolute atomic E-state index is 13.0. The van der Waals surface area contributed by atoms with Gasteiger partial charge in [-0.25, -0.2) is 4.39 Å². The second kappa shape index (κ2) is 9.88. The van der Waals surface area contributed by atoms with Gasteiger partial charge in [-0.3, -0.25) is 9.59 Å². The number of benzene rings is 2. The predicted octanol–water partition coefficient (Wildman–Crippen LogP) is 3.45. The van der Waals surface area contributed by atoms with E-state index in [9.17, 15) is 14.0 Å². The fraction of sp³-hybridized carbons (Fsp3) is 0.364. The summed E-state index contributed by atoms with van der Waals surface area (Å²) in [5, 5.41) is 2.84. The Hall–Kier alpha value is -2.89. The van der Waals surface area contributed by atoms with Crippen molar-refractivity contribution >= 4 is 11.8 Å². The second-order valence-electron chi connectivity index (χ2n) is 7.03. The molecule has 2 aromatic carbocycles. The number of nitrogens with zero attached hydrogens (tertiary/aromatic N) is 1. The minimum atomic E-state index is -0.661. The number of hydrogen-bond donors (Lipinski definition) is 1. The lowest BCUT2D eigenvalue weighted by molar-refractivity contribution is -0.142. The van der Waals surface area contributed by atoms with Gasteiger partial charge in [-0.2, -0.15) is 0 Å². The first-order valence-corrected chi connectivity index (χ1v) is 9.30. The third-order valence-corrected chi connectivity index (χ3v) is 4.38. The first-order chi connectivity index (χ1) is 13.3. The first kappa shape index (κ1) is 21.4. The SMILES string of the molecule is Cc1ccccc1CN(C(=O)COc1ccc(F)cc1)[C@@H](C)C(=O)NC(C)C. The number of aryl methyl sites for hydroxylation is 1. The summed E-state index contributed by atoms with van der Waals surface area (Å²) in [5.74, 6) is -0.526. The van der Waals surface area contributed by atoms with Crippen LogP contribution in [0.25, 0.3) is 0 Å². The van der Waals surface area contributed by atoms with E-state index in [0.717, 1.165) is 11.1 Å². The Morgan fingerprint density at radius 2 is 1.71 bits per heavy atom. The molecule has 2 rings (SSSR count). The van der Waals surface area contributed by atoms with Crippen LogP contribution in [0.3, 0.4) is 0 Å². The van der Waals surface area contributed by atoms with E-state index in [0.29, 0.717) is 12.3 Å². The highest BCUT2D eigenvalue weighted by Crippen LogP contribution is 2.15. The number of halogens is 1. The van der Waals surface area contributed by atoms with Crippen LogP contribution in [-0.2, 0) is 16.1 Å². The van der Waals surface area contributed by atoms with Gasteiger partial charge in [0.1, 0.15) is 17.6 Å². The Bertz CT molecular complexity index is 806. The summed E-state index contributed by atoms with van der Waals surface area (Å²) >= 11 is 0. The first-order valence-electron chi connectivity index (χ1n) is 9.30. The third kappa shape index (κ3) is 6.08. The average molecular weight is 386 g/mol. The zero-order chi connectivity index (χ0) is 20.7. The minimum Gasteiger partial charge on any atom is -0.484 e.